The van der Waals surface area contributed by atoms with Crippen molar-refractivity contribution in [2.75, 3.05) is 6.54 Å². The van der Waals surface area contributed by atoms with Gasteiger partial charge in [0, 0.05) is 30.1 Å². The number of carbonyl (C=O) groups excluding carboxylic acids is 1. The average Bonchev–Trinajstić information content (AvgIpc) is 2.31. The molecule has 0 aliphatic heterocycles. The van der Waals surface area contributed by atoms with Crippen molar-refractivity contribution in [3.63, 3.8) is 0 Å². The first-order valence-electron chi connectivity index (χ1n) is 7.10. The van der Waals surface area contributed by atoms with E-state index in [0.717, 1.165) is 0 Å². The van der Waals surface area contributed by atoms with E-state index in [2.05, 4.69) is 10.6 Å². The van der Waals surface area contributed by atoms with Crippen LogP contribution in [0, 0.1) is 18.6 Å². The van der Waals surface area contributed by atoms with Crippen LogP contribution in [0.4, 0.5) is 8.78 Å². The van der Waals surface area contributed by atoms with Gasteiger partial charge in [0.15, 0.2) is 0 Å². The lowest BCUT2D eigenvalue weighted by atomic mass is 10.0. The molecule has 0 fully saturated rings. The van der Waals surface area contributed by atoms with Crippen LogP contribution in [0.2, 0.25) is 0 Å². The van der Waals surface area contributed by atoms with Crippen molar-refractivity contribution < 1.29 is 13.6 Å². The lowest BCUT2D eigenvalue weighted by molar-refractivity contribution is -0.122. The molecule has 118 valence electrons. The van der Waals surface area contributed by atoms with Crippen molar-refractivity contribution >= 4 is 5.91 Å². The van der Waals surface area contributed by atoms with Gasteiger partial charge < -0.3 is 10.6 Å². The van der Waals surface area contributed by atoms with E-state index < -0.39 is 11.6 Å². The lowest BCUT2D eigenvalue weighted by Gasteiger charge is -2.21. The molecule has 0 aliphatic rings. The standard InChI is InChI=1S/C16H24F2N2O/c1-10-8-14(18)12(9-13(10)17)11(2)19-7-6-15(21)20-16(3,4)5/h8-9,11,19H,6-7H2,1-5H3,(H,20,21). The fourth-order valence-electron chi connectivity index (χ4n) is 1.99. The molecule has 1 atom stereocenters. The summed E-state index contributed by atoms with van der Waals surface area (Å²) >= 11 is 0. The monoisotopic (exact) mass is 298 g/mol. The van der Waals surface area contributed by atoms with Gasteiger partial charge in [-0.25, -0.2) is 8.78 Å². The topological polar surface area (TPSA) is 41.1 Å². The van der Waals surface area contributed by atoms with Gasteiger partial charge >= 0.3 is 0 Å². The van der Waals surface area contributed by atoms with E-state index in [9.17, 15) is 13.6 Å². The Bertz CT molecular complexity index is 510. The summed E-state index contributed by atoms with van der Waals surface area (Å²) in [6.07, 6.45) is 0.289. The van der Waals surface area contributed by atoms with Crippen molar-refractivity contribution in [2.24, 2.45) is 0 Å². The molecule has 0 heterocycles. The van der Waals surface area contributed by atoms with E-state index in [-0.39, 0.29) is 35.0 Å². The summed E-state index contributed by atoms with van der Waals surface area (Å²) in [6.45, 7) is 9.40. The lowest BCUT2D eigenvalue weighted by Crippen LogP contribution is -2.41. The van der Waals surface area contributed by atoms with Crippen LogP contribution in [-0.2, 0) is 4.79 Å². The zero-order valence-corrected chi connectivity index (χ0v) is 13.3. The van der Waals surface area contributed by atoms with Crippen LogP contribution in [0.3, 0.4) is 0 Å². The molecule has 5 heteroatoms. The van der Waals surface area contributed by atoms with E-state index in [1.165, 1.54) is 19.1 Å². The Kier molecular flexibility index (Phi) is 5.84. The van der Waals surface area contributed by atoms with Gasteiger partial charge in [-0.2, -0.15) is 0 Å². The van der Waals surface area contributed by atoms with Crippen molar-refractivity contribution in [1.29, 1.82) is 0 Å². The largest absolute Gasteiger partial charge is 0.351 e. The second-order valence-electron chi connectivity index (χ2n) is 6.35. The van der Waals surface area contributed by atoms with E-state index >= 15 is 0 Å². The predicted molar refractivity (Wildman–Crippen MR) is 80.0 cm³/mol. The van der Waals surface area contributed by atoms with Crippen LogP contribution >= 0.6 is 0 Å². The van der Waals surface area contributed by atoms with Crippen molar-refractivity contribution in [3.8, 4) is 0 Å². The molecule has 0 saturated heterocycles. The zero-order valence-electron chi connectivity index (χ0n) is 13.3. The predicted octanol–water partition coefficient (Wildman–Crippen LogP) is 3.23. The summed E-state index contributed by atoms with van der Waals surface area (Å²) in [7, 11) is 0. The van der Waals surface area contributed by atoms with Crippen LogP contribution in [0.15, 0.2) is 12.1 Å². The SMILES string of the molecule is Cc1cc(F)c(C(C)NCCC(=O)NC(C)(C)C)cc1F. The number of benzene rings is 1. The fourth-order valence-corrected chi connectivity index (χ4v) is 1.99. The third kappa shape index (κ3) is 5.79. The van der Waals surface area contributed by atoms with E-state index in [0.29, 0.717) is 6.54 Å². The number of rotatable bonds is 5. The molecule has 0 spiro atoms. The summed E-state index contributed by atoms with van der Waals surface area (Å²) in [4.78, 5) is 11.7. The molecule has 1 rings (SSSR count). The molecular formula is C16H24F2N2O. The molecule has 0 aliphatic carbocycles. The van der Waals surface area contributed by atoms with Gasteiger partial charge in [0.2, 0.25) is 5.91 Å². The molecule has 2 N–H and O–H groups in total. The fraction of sp³-hybridized carbons (Fsp3) is 0.562. The third-order valence-corrected chi connectivity index (χ3v) is 3.06. The molecule has 3 nitrogen and oxygen atoms in total. The van der Waals surface area contributed by atoms with Crippen LogP contribution in [-0.4, -0.2) is 18.0 Å². The molecular weight excluding hydrogens is 274 g/mol. The maximum atomic E-state index is 13.8. The molecule has 0 bridgehead atoms. The van der Waals surface area contributed by atoms with Gasteiger partial charge in [-0.15, -0.1) is 0 Å². The Morgan fingerprint density at radius 1 is 1.24 bits per heavy atom. The van der Waals surface area contributed by atoms with Gasteiger partial charge in [-0.05, 0) is 52.3 Å². The molecule has 1 unspecified atom stereocenters. The van der Waals surface area contributed by atoms with E-state index in [4.69, 9.17) is 0 Å². The van der Waals surface area contributed by atoms with Gasteiger partial charge in [0.25, 0.3) is 0 Å². The maximum Gasteiger partial charge on any atom is 0.221 e. The normalized spacial score (nSPS) is 13.1. The first-order valence-corrected chi connectivity index (χ1v) is 7.10. The minimum absolute atomic E-state index is 0.0715. The highest BCUT2D eigenvalue weighted by atomic mass is 19.1. The van der Waals surface area contributed by atoms with E-state index in [1.54, 1.807) is 6.92 Å². The zero-order chi connectivity index (χ0) is 16.2. The summed E-state index contributed by atoms with van der Waals surface area (Å²) < 4.78 is 27.3. The minimum Gasteiger partial charge on any atom is -0.351 e. The summed E-state index contributed by atoms with van der Waals surface area (Å²) in [5.74, 6) is -0.934. The van der Waals surface area contributed by atoms with Crippen molar-refractivity contribution in [1.82, 2.24) is 10.6 Å². The Morgan fingerprint density at radius 3 is 2.43 bits per heavy atom. The van der Waals surface area contributed by atoms with Crippen molar-refractivity contribution in [3.05, 3.63) is 34.9 Å². The number of aryl methyl sites for hydroxylation is 1. The Labute approximate surface area is 125 Å². The number of nitrogens with one attached hydrogen (secondary N) is 2. The number of amides is 1. The van der Waals surface area contributed by atoms with Crippen LogP contribution < -0.4 is 10.6 Å². The average molecular weight is 298 g/mol. The Morgan fingerprint density at radius 2 is 1.86 bits per heavy atom. The summed E-state index contributed by atoms with van der Waals surface area (Å²) in [5, 5.41) is 5.88. The highest BCUT2D eigenvalue weighted by Crippen LogP contribution is 2.20. The van der Waals surface area contributed by atoms with E-state index in [1.807, 2.05) is 20.8 Å². The molecule has 0 aromatic heterocycles. The maximum absolute atomic E-state index is 13.8. The molecule has 1 amide bonds. The summed E-state index contributed by atoms with van der Waals surface area (Å²) in [5.41, 5.74) is 0.289. The highest BCUT2D eigenvalue weighted by Gasteiger charge is 2.16. The van der Waals surface area contributed by atoms with Gasteiger partial charge in [0.05, 0.1) is 0 Å². The number of halogens is 2. The van der Waals surface area contributed by atoms with Crippen LogP contribution in [0.5, 0.6) is 0 Å². The minimum atomic E-state index is -0.437. The number of hydrogen-bond acceptors (Lipinski definition) is 2. The Hall–Kier alpha value is -1.49. The second kappa shape index (κ2) is 6.98. The first-order chi connectivity index (χ1) is 9.60. The van der Waals surface area contributed by atoms with Crippen LogP contribution in [0.1, 0.15) is 51.3 Å². The van der Waals surface area contributed by atoms with Crippen molar-refractivity contribution in [2.45, 2.75) is 52.6 Å². The van der Waals surface area contributed by atoms with Gasteiger partial charge in [0.1, 0.15) is 11.6 Å². The van der Waals surface area contributed by atoms with Crippen LogP contribution in [0.25, 0.3) is 0 Å². The van der Waals surface area contributed by atoms with Gasteiger partial charge in [-0.1, -0.05) is 0 Å². The second-order valence-corrected chi connectivity index (χ2v) is 6.35. The molecule has 21 heavy (non-hydrogen) atoms. The van der Waals surface area contributed by atoms with Gasteiger partial charge in [-0.3, -0.25) is 4.79 Å². The molecule has 0 radical (unpaired) electrons. The third-order valence-electron chi connectivity index (χ3n) is 3.06. The highest BCUT2D eigenvalue weighted by molar-refractivity contribution is 5.76. The quantitative estimate of drug-likeness (QED) is 0.876. The number of hydrogen-bond donors (Lipinski definition) is 2. The first kappa shape index (κ1) is 17.6. The molecule has 0 saturated carbocycles. The summed E-state index contributed by atoms with van der Waals surface area (Å²) in [6, 6.07) is 2.04. The molecule has 1 aromatic rings. The Balaban J connectivity index is 2.53. The molecule has 1 aromatic carbocycles. The smallest absolute Gasteiger partial charge is 0.221 e. The number of carbonyl (C=O) groups is 1.